The minimum atomic E-state index is 1.12. The minimum absolute atomic E-state index is 1.12. The average Bonchev–Trinajstić information content (AvgIpc) is 2.31. The van der Waals surface area contributed by atoms with Crippen LogP contribution < -0.4 is 0 Å². The predicted molar refractivity (Wildman–Crippen MR) is 49.9 cm³/mol. The molecule has 0 aromatic carbocycles. The number of unbranched alkanes of at least 4 members (excludes halogenated alkanes) is 1. The highest BCUT2D eigenvalue weighted by Gasteiger charge is 1.98. The molecule has 0 aliphatic heterocycles. The van der Waals surface area contributed by atoms with Gasteiger partial charge in [0.2, 0.25) is 0 Å². The third-order valence-corrected chi connectivity index (χ3v) is 2.38. The summed E-state index contributed by atoms with van der Waals surface area (Å²) in [5.74, 6) is 0. The second-order valence-electron chi connectivity index (χ2n) is 2.28. The van der Waals surface area contributed by atoms with Gasteiger partial charge in [0, 0.05) is 5.69 Å². The van der Waals surface area contributed by atoms with Gasteiger partial charge in [-0.05, 0) is 35.4 Å². The predicted octanol–water partition coefficient (Wildman–Crippen LogP) is 2.36. The zero-order valence-electron chi connectivity index (χ0n) is 6.02. The van der Waals surface area contributed by atoms with Crippen molar-refractivity contribution in [1.29, 1.82) is 0 Å². The molecule has 10 heavy (non-hydrogen) atoms. The Bertz CT molecular complexity index is 195. The van der Waals surface area contributed by atoms with Crippen LogP contribution in [0.3, 0.4) is 0 Å². The van der Waals surface area contributed by atoms with Gasteiger partial charge in [0.15, 0.2) is 0 Å². The summed E-state index contributed by atoms with van der Waals surface area (Å²) < 4.78 is 1.12. The molecular formula is C7H11IN2. The van der Waals surface area contributed by atoms with Crippen molar-refractivity contribution in [3.05, 3.63) is 15.7 Å². The van der Waals surface area contributed by atoms with Crippen LogP contribution in [-0.2, 0) is 6.42 Å². The average molecular weight is 250 g/mol. The summed E-state index contributed by atoms with van der Waals surface area (Å²) in [7, 11) is 0. The maximum Gasteiger partial charge on any atom is 0.122 e. The fourth-order valence-electron chi connectivity index (χ4n) is 0.833. The van der Waals surface area contributed by atoms with Gasteiger partial charge in [0.05, 0.1) is 6.33 Å². The molecule has 1 aromatic heterocycles. The van der Waals surface area contributed by atoms with E-state index in [9.17, 15) is 0 Å². The van der Waals surface area contributed by atoms with E-state index in [1.165, 1.54) is 18.5 Å². The molecule has 2 nitrogen and oxygen atoms in total. The standard InChI is InChI=1S/C7H11IN2/c1-2-3-4-6-7(8)10-5-9-6/h5H,2-4H2,1H3,(H,9,10). The molecule has 3 heteroatoms. The van der Waals surface area contributed by atoms with Gasteiger partial charge in [-0.15, -0.1) is 0 Å². The largest absolute Gasteiger partial charge is 0.348 e. The number of aromatic nitrogens is 2. The fourth-order valence-corrected chi connectivity index (χ4v) is 1.40. The topological polar surface area (TPSA) is 28.7 Å². The number of hydrogen-bond donors (Lipinski definition) is 1. The smallest absolute Gasteiger partial charge is 0.122 e. The number of imidazole rings is 1. The highest BCUT2D eigenvalue weighted by molar-refractivity contribution is 14.1. The highest BCUT2D eigenvalue weighted by atomic mass is 127. The SMILES string of the molecule is CCCCc1[nH]cnc1I. The van der Waals surface area contributed by atoms with E-state index in [-0.39, 0.29) is 0 Å². The second-order valence-corrected chi connectivity index (χ2v) is 3.30. The fraction of sp³-hybridized carbons (Fsp3) is 0.571. The van der Waals surface area contributed by atoms with Crippen molar-refractivity contribution in [1.82, 2.24) is 9.97 Å². The van der Waals surface area contributed by atoms with Gasteiger partial charge in [-0.1, -0.05) is 13.3 Å². The number of hydrogen-bond acceptors (Lipinski definition) is 1. The summed E-state index contributed by atoms with van der Waals surface area (Å²) in [6.45, 7) is 2.20. The van der Waals surface area contributed by atoms with E-state index in [1.54, 1.807) is 6.33 Å². The van der Waals surface area contributed by atoms with E-state index >= 15 is 0 Å². The van der Waals surface area contributed by atoms with Crippen LogP contribution in [0.15, 0.2) is 6.33 Å². The summed E-state index contributed by atoms with van der Waals surface area (Å²) in [5, 5.41) is 0. The molecule has 1 heterocycles. The zero-order valence-corrected chi connectivity index (χ0v) is 8.18. The van der Waals surface area contributed by atoms with Gasteiger partial charge in [-0.3, -0.25) is 0 Å². The summed E-state index contributed by atoms with van der Waals surface area (Å²) in [6, 6.07) is 0. The van der Waals surface area contributed by atoms with Gasteiger partial charge in [0.1, 0.15) is 3.70 Å². The summed E-state index contributed by atoms with van der Waals surface area (Å²) >= 11 is 2.25. The lowest BCUT2D eigenvalue weighted by atomic mass is 10.2. The molecule has 0 atom stereocenters. The molecule has 0 amide bonds. The van der Waals surface area contributed by atoms with E-state index in [1.807, 2.05) is 0 Å². The van der Waals surface area contributed by atoms with E-state index < -0.39 is 0 Å². The summed E-state index contributed by atoms with van der Waals surface area (Å²) in [6.07, 6.45) is 5.38. The monoisotopic (exact) mass is 250 g/mol. The van der Waals surface area contributed by atoms with Gasteiger partial charge >= 0.3 is 0 Å². The van der Waals surface area contributed by atoms with Crippen molar-refractivity contribution in [3.63, 3.8) is 0 Å². The van der Waals surface area contributed by atoms with E-state index in [4.69, 9.17) is 0 Å². The maximum absolute atomic E-state index is 4.10. The van der Waals surface area contributed by atoms with Crippen LogP contribution in [0.4, 0.5) is 0 Å². The summed E-state index contributed by atoms with van der Waals surface area (Å²) in [5.41, 5.74) is 1.28. The van der Waals surface area contributed by atoms with Crippen LogP contribution in [0, 0.1) is 3.70 Å². The highest BCUT2D eigenvalue weighted by Crippen LogP contribution is 2.08. The van der Waals surface area contributed by atoms with Crippen LogP contribution in [-0.4, -0.2) is 9.97 Å². The normalized spacial score (nSPS) is 10.2. The first-order valence-corrected chi connectivity index (χ1v) is 4.60. The van der Waals surface area contributed by atoms with Crippen molar-refractivity contribution in [2.24, 2.45) is 0 Å². The summed E-state index contributed by atoms with van der Waals surface area (Å²) in [4.78, 5) is 7.22. The molecule has 1 rings (SSSR count). The molecule has 0 aliphatic rings. The van der Waals surface area contributed by atoms with Crippen molar-refractivity contribution in [3.8, 4) is 0 Å². The molecular weight excluding hydrogens is 239 g/mol. The number of nitrogens with zero attached hydrogens (tertiary/aromatic N) is 1. The van der Waals surface area contributed by atoms with Crippen LogP contribution in [0.5, 0.6) is 0 Å². The molecule has 0 saturated carbocycles. The van der Waals surface area contributed by atoms with Gasteiger partial charge in [-0.25, -0.2) is 4.98 Å². The molecule has 1 aromatic rings. The van der Waals surface area contributed by atoms with E-state index in [2.05, 4.69) is 39.5 Å². The molecule has 0 spiro atoms. The lowest BCUT2D eigenvalue weighted by Crippen LogP contribution is -1.86. The lowest BCUT2D eigenvalue weighted by molar-refractivity contribution is 0.778. The maximum atomic E-state index is 4.10. The molecule has 0 unspecified atom stereocenters. The minimum Gasteiger partial charge on any atom is -0.348 e. The Hall–Kier alpha value is -0.0600. The van der Waals surface area contributed by atoms with Gasteiger partial charge in [-0.2, -0.15) is 0 Å². The number of aromatic amines is 1. The van der Waals surface area contributed by atoms with Crippen LogP contribution in [0.25, 0.3) is 0 Å². The zero-order chi connectivity index (χ0) is 7.40. The Morgan fingerprint density at radius 3 is 3.00 bits per heavy atom. The van der Waals surface area contributed by atoms with Gasteiger partial charge < -0.3 is 4.98 Å². The van der Waals surface area contributed by atoms with Crippen molar-refractivity contribution < 1.29 is 0 Å². The molecule has 0 bridgehead atoms. The third-order valence-electron chi connectivity index (χ3n) is 1.45. The third kappa shape index (κ3) is 1.97. The van der Waals surface area contributed by atoms with Crippen LogP contribution in [0.1, 0.15) is 25.5 Å². The van der Waals surface area contributed by atoms with Crippen molar-refractivity contribution in [2.45, 2.75) is 26.2 Å². The number of nitrogens with one attached hydrogen (secondary N) is 1. The number of halogens is 1. The first-order valence-electron chi connectivity index (χ1n) is 3.52. The van der Waals surface area contributed by atoms with Crippen molar-refractivity contribution in [2.75, 3.05) is 0 Å². The van der Waals surface area contributed by atoms with Crippen LogP contribution >= 0.6 is 22.6 Å². The number of H-pyrrole nitrogens is 1. The Balaban J connectivity index is 2.49. The number of rotatable bonds is 3. The quantitative estimate of drug-likeness (QED) is 0.819. The van der Waals surface area contributed by atoms with Crippen molar-refractivity contribution >= 4 is 22.6 Å². The molecule has 1 N–H and O–H groups in total. The first kappa shape index (κ1) is 8.04. The molecule has 0 fully saturated rings. The molecule has 0 radical (unpaired) electrons. The molecule has 0 saturated heterocycles. The number of aryl methyl sites for hydroxylation is 1. The van der Waals surface area contributed by atoms with E-state index in [0.717, 1.165) is 10.1 Å². The van der Waals surface area contributed by atoms with E-state index in [0.29, 0.717) is 0 Å². The Morgan fingerprint density at radius 1 is 1.70 bits per heavy atom. The van der Waals surface area contributed by atoms with Crippen LogP contribution in [0.2, 0.25) is 0 Å². The lowest BCUT2D eigenvalue weighted by Gasteiger charge is -1.93. The molecule has 56 valence electrons. The van der Waals surface area contributed by atoms with Gasteiger partial charge in [0.25, 0.3) is 0 Å². The Morgan fingerprint density at radius 2 is 2.50 bits per heavy atom. The first-order chi connectivity index (χ1) is 4.84. The Labute approximate surface area is 74.6 Å². The molecule has 0 aliphatic carbocycles. The second kappa shape index (κ2) is 3.95. The Kier molecular flexibility index (Phi) is 3.18.